The van der Waals surface area contributed by atoms with Crippen LogP contribution in [0.15, 0.2) is 36.5 Å². The molecule has 1 heterocycles. The van der Waals surface area contributed by atoms with Gasteiger partial charge in [0.05, 0.1) is 13.3 Å². The number of hydrogen-bond acceptors (Lipinski definition) is 4. The fourth-order valence-corrected chi connectivity index (χ4v) is 2.15. The van der Waals surface area contributed by atoms with E-state index in [1.54, 1.807) is 32.1 Å². The number of rotatable bonds is 5. The molecule has 5 heteroatoms. The van der Waals surface area contributed by atoms with Crippen LogP contribution in [0, 0.1) is 0 Å². The maximum absolute atomic E-state index is 10.5. The molecule has 1 N–H and O–H groups in total. The summed E-state index contributed by atoms with van der Waals surface area (Å²) >= 11 is 0. The molecule has 0 aliphatic carbocycles. The standard InChI is InChI=1S/C14H18N2O3/c1-16-12(11(18-2)9-15-16)13(17)14(19-3)10-7-5-4-6-8-10/h4-9,13-14,17H,1-3H3. The second-order valence-corrected chi connectivity index (χ2v) is 4.23. The molecule has 2 aromatic rings. The van der Waals surface area contributed by atoms with Crippen molar-refractivity contribution in [3.05, 3.63) is 47.8 Å². The molecule has 0 aliphatic rings. The zero-order chi connectivity index (χ0) is 13.8. The first kappa shape index (κ1) is 13.6. The van der Waals surface area contributed by atoms with Crippen LogP contribution in [0.5, 0.6) is 5.75 Å². The summed E-state index contributed by atoms with van der Waals surface area (Å²) in [5.74, 6) is 0.549. The Morgan fingerprint density at radius 3 is 2.47 bits per heavy atom. The van der Waals surface area contributed by atoms with Gasteiger partial charge >= 0.3 is 0 Å². The summed E-state index contributed by atoms with van der Waals surface area (Å²) in [4.78, 5) is 0. The van der Waals surface area contributed by atoms with Crippen LogP contribution in [0.2, 0.25) is 0 Å². The Hall–Kier alpha value is -1.85. The summed E-state index contributed by atoms with van der Waals surface area (Å²) in [6, 6.07) is 9.58. The molecule has 1 aromatic carbocycles. The Balaban J connectivity index is 2.36. The first-order chi connectivity index (χ1) is 9.19. The van der Waals surface area contributed by atoms with Crippen molar-refractivity contribution >= 4 is 0 Å². The van der Waals surface area contributed by atoms with Gasteiger partial charge in [0.2, 0.25) is 0 Å². The minimum Gasteiger partial charge on any atom is -0.493 e. The van der Waals surface area contributed by atoms with Crippen LogP contribution in [0.25, 0.3) is 0 Å². The molecule has 0 aliphatic heterocycles. The number of ether oxygens (including phenoxy) is 2. The third-order valence-electron chi connectivity index (χ3n) is 3.12. The van der Waals surface area contributed by atoms with Crippen molar-refractivity contribution in [2.45, 2.75) is 12.2 Å². The quantitative estimate of drug-likeness (QED) is 0.893. The maximum atomic E-state index is 10.5. The largest absolute Gasteiger partial charge is 0.493 e. The van der Waals surface area contributed by atoms with Crippen LogP contribution < -0.4 is 4.74 Å². The van der Waals surface area contributed by atoms with Gasteiger partial charge in [-0.3, -0.25) is 4.68 Å². The average Bonchev–Trinajstić information content (AvgIpc) is 2.81. The highest BCUT2D eigenvalue weighted by atomic mass is 16.5. The van der Waals surface area contributed by atoms with E-state index in [4.69, 9.17) is 9.47 Å². The zero-order valence-electron chi connectivity index (χ0n) is 11.3. The lowest BCUT2D eigenvalue weighted by Crippen LogP contribution is -2.16. The van der Waals surface area contributed by atoms with E-state index in [-0.39, 0.29) is 0 Å². The van der Waals surface area contributed by atoms with Gasteiger partial charge < -0.3 is 14.6 Å². The monoisotopic (exact) mass is 262 g/mol. The lowest BCUT2D eigenvalue weighted by molar-refractivity contribution is -0.0198. The lowest BCUT2D eigenvalue weighted by atomic mass is 10.0. The molecule has 2 rings (SSSR count). The number of methoxy groups -OCH3 is 2. The average molecular weight is 262 g/mol. The number of aliphatic hydroxyl groups excluding tert-OH is 1. The number of benzene rings is 1. The normalized spacial score (nSPS) is 14.1. The third kappa shape index (κ3) is 2.62. The number of aryl methyl sites for hydroxylation is 1. The minimum atomic E-state index is -0.852. The van der Waals surface area contributed by atoms with Gasteiger partial charge in [-0.05, 0) is 5.56 Å². The van der Waals surface area contributed by atoms with E-state index in [0.717, 1.165) is 5.56 Å². The van der Waals surface area contributed by atoms with Crippen molar-refractivity contribution in [1.82, 2.24) is 9.78 Å². The van der Waals surface area contributed by atoms with Gasteiger partial charge in [-0.15, -0.1) is 0 Å². The SMILES string of the molecule is COc1cnn(C)c1C(O)C(OC)c1ccccc1. The van der Waals surface area contributed by atoms with Crippen molar-refractivity contribution in [3.63, 3.8) is 0 Å². The second kappa shape index (κ2) is 5.86. The third-order valence-corrected chi connectivity index (χ3v) is 3.12. The molecule has 0 saturated heterocycles. The molecule has 0 amide bonds. The molecular formula is C14H18N2O3. The van der Waals surface area contributed by atoms with E-state index in [1.165, 1.54) is 0 Å². The molecule has 1 aromatic heterocycles. The zero-order valence-corrected chi connectivity index (χ0v) is 11.3. The molecule has 0 radical (unpaired) electrons. The summed E-state index contributed by atoms with van der Waals surface area (Å²) in [7, 11) is 4.89. The van der Waals surface area contributed by atoms with Crippen LogP contribution in [-0.4, -0.2) is 29.1 Å². The Labute approximate surface area is 112 Å². The second-order valence-electron chi connectivity index (χ2n) is 4.23. The van der Waals surface area contributed by atoms with Crippen LogP contribution in [-0.2, 0) is 11.8 Å². The first-order valence-corrected chi connectivity index (χ1v) is 6.00. The van der Waals surface area contributed by atoms with Crippen molar-refractivity contribution in [3.8, 4) is 5.75 Å². The van der Waals surface area contributed by atoms with Gasteiger partial charge in [0, 0.05) is 14.2 Å². The first-order valence-electron chi connectivity index (χ1n) is 6.00. The molecule has 2 atom stereocenters. The lowest BCUT2D eigenvalue weighted by Gasteiger charge is -2.22. The van der Waals surface area contributed by atoms with Crippen LogP contribution >= 0.6 is 0 Å². The Kier molecular flexibility index (Phi) is 4.19. The summed E-state index contributed by atoms with van der Waals surface area (Å²) in [5, 5.41) is 14.6. The van der Waals surface area contributed by atoms with E-state index in [2.05, 4.69) is 5.10 Å². The molecule has 102 valence electrons. The van der Waals surface area contributed by atoms with E-state index in [1.807, 2.05) is 30.3 Å². The topological polar surface area (TPSA) is 56.5 Å². The molecule has 19 heavy (non-hydrogen) atoms. The van der Waals surface area contributed by atoms with Crippen molar-refractivity contribution in [2.75, 3.05) is 14.2 Å². The predicted molar refractivity (Wildman–Crippen MR) is 70.9 cm³/mol. The number of nitrogens with zero attached hydrogens (tertiary/aromatic N) is 2. The molecule has 0 saturated carbocycles. The molecule has 2 unspecified atom stereocenters. The van der Waals surface area contributed by atoms with Crippen LogP contribution in [0.3, 0.4) is 0 Å². The van der Waals surface area contributed by atoms with Gasteiger partial charge in [0.25, 0.3) is 0 Å². The van der Waals surface area contributed by atoms with Gasteiger partial charge in [-0.25, -0.2) is 0 Å². The Morgan fingerprint density at radius 1 is 1.21 bits per heavy atom. The van der Waals surface area contributed by atoms with E-state index in [0.29, 0.717) is 11.4 Å². The maximum Gasteiger partial charge on any atom is 0.162 e. The molecule has 0 bridgehead atoms. The number of aliphatic hydroxyl groups is 1. The highest BCUT2D eigenvalue weighted by molar-refractivity contribution is 5.30. The Morgan fingerprint density at radius 2 is 1.89 bits per heavy atom. The summed E-state index contributed by atoms with van der Waals surface area (Å²) in [6.07, 6.45) is 0.261. The molecule has 0 fully saturated rings. The van der Waals surface area contributed by atoms with Gasteiger partial charge in [0.15, 0.2) is 5.75 Å². The summed E-state index contributed by atoms with van der Waals surface area (Å²) < 4.78 is 12.2. The van der Waals surface area contributed by atoms with Crippen molar-refractivity contribution in [2.24, 2.45) is 7.05 Å². The van der Waals surface area contributed by atoms with Gasteiger partial charge in [-0.1, -0.05) is 30.3 Å². The van der Waals surface area contributed by atoms with Crippen LogP contribution in [0.4, 0.5) is 0 Å². The molecule has 0 spiro atoms. The summed E-state index contributed by atoms with van der Waals surface area (Å²) in [6.45, 7) is 0. The van der Waals surface area contributed by atoms with Crippen LogP contribution in [0.1, 0.15) is 23.5 Å². The highest BCUT2D eigenvalue weighted by Crippen LogP contribution is 2.35. The van der Waals surface area contributed by atoms with E-state index in [9.17, 15) is 5.11 Å². The minimum absolute atomic E-state index is 0.467. The van der Waals surface area contributed by atoms with Gasteiger partial charge in [-0.2, -0.15) is 5.10 Å². The highest BCUT2D eigenvalue weighted by Gasteiger charge is 2.28. The van der Waals surface area contributed by atoms with Crippen molar-refractivity contribution in [1.29, 1.82) is 0 Å². The smallest absolute Gasteiger partial charge is 0.162 e. The van der Waals surface area contributed by atoms with E-state index < -0.39 is 12.2 Å². The molecular weight excluding hydrogens is 244 g/mol. The van der Waals surface area contributed by atoms with Gasteiger partial charge in [0.1, 0.15) is 17.9 Å². The number of hydrogen-bond donors (Lipinski definition) is 1. The summed E-state index contributed by atoms with van der Waals surface area (Å²) in [5.41, 5.74) is 1.50. The Bertz CT molecular complexity index is 525. The van der Waals surface area contributed by atoms with Crippen molar-refractivity contribution < 1.29 is 14.6 Å². The van der Waals surface area contributed by atoms with E-state index >= 15 is 0 Å². The number of aromatic nitrogens is 2. The molecule has 5 nitrogen and oxygen atoms in total. The predicted octanol–water partition coefficient (Wildman–Crippen LogP) is 1.85. The fourth-order valence-electron chi connectivity index (χ4n) is 2.15. The fraction of sp³-hybridized carbons (Fsp3) is 0.357.